The number of hydrogen-bond acceptors (Lipinski definition) is 2. The van der Waals surface area contributed by atoms with Crippen LogP contribution in [-0.2, 0) is 9.59 Å². The van der Waals surface area contributed by atoms with Gasteiger partial charge in [0.2, 0.25) is 11.8 Å². The summed E-state index contributed by atoms with van der Waals surface area (Å²) >= 11 is 11.9. The molecule has 0 radical (unpaired) electrons. The second-order valence-electron chi connectivity index (χ2n) is 6.78. The summed E-state index contributed by atoms with van der Waals surface area (Å²) in [6.45, 7) is 0. The lowest BCUT2D eigenvalue weighted by Gasteiger charge is -2.31. The number of carbonyl (C=O) groups excluding carboxylic acids is 2. The highest BCUT2D eigenvalue weighted by Gasteiger charge is 2.46. The van der Waals surface area contributed by atoms with Gasteiger partial charge in [0.25, 0.3) is 0 Å². The van der Waals surface area contributed by atoms with Crippen LogP contribution in [0.25, 0.3) is 0 Å². The van der Waals surface area contributed by atoms with Gasteiger partial charge in [-0.05, 0) is 48.2 Å². The van der Waals surface area contributed by atoms with E-state index in [0.29, 0.717) is 21.2 Å². The first kappa shape index (κ1) is 21.5. The van der Waals surface area contributed by atoms with Crippen molar-refractivity contribution in [3.05, 3.63) is 69.7 Å². The molecule has 1 saturated heterocycles. The molecule has 29 heavy (non-hydrogen) atoms. The number of halogens is 5. The van der Waals surface area contributed by atoms with Gasteiger partial charge < -0.3 is 10.6 Å². The van der Waals surface area contributed by atoms with E-state index >= 15 is 0 Å². The first-order chi connectivity index (χ1) is 13.6. The minimum Gasteiger partial charge on any atom is -0.344 e. The molecule has 1 aliphatic rings. The zero-order chi connectivity index (χ0) is 21.2. The van der Waals surface area contributed by atoms with Crippen molar-refractivity contribution < 1.29 is 22.8 Å². The standard InChI is InChI=1S/C20H17Cl2F3N2O2/c21-13-5-1-11(2-6-13)17(12-3-7-14(22)8-4-12)27-19(29)15-9-10-16(20(23,24)25)26-18(15)28/h1-8,15-17H,9-10H2,(H,26,28)(H,27,29). The number of benzene rings is 2. The second kappa shape index (κ2) is 8.63. The molecular formula is C20H17Cl2F3N2O2. The van der Waals surface area contributed by atoms with Crippen LogP contribution in [0.2, 0.25) is 10.0 Å². The van der Waals surface area contributed by atoms with Gasteiger partial charge in [0, 0.05) is 10.0 Å². The SMILES string of the molecule is O=C(NC(c1ccc(Cl)cc1)c1ccc(Cl)cc1)C1CCC(C(F)(F)F)NC1=O. The van der Waals surface area contributed by atoms with Crippen molar-refractivity contribution >= 4 is 35.0 Å². The summed E-state index contributed by atoms with van der Waals surface area (Å²) in [6, 6.07) is 11.0. The highest BCUT2D eigenvalue weighted by molar-refractivity contribution is 6.30. The van der Waals surface area contributed by atoms with Crippen molar-refractivity contribution in [1.29, 1.82) is 0 Å². The van der Waals surface area contributed by atoms with E-state index in [9.17, 15) is 22.8 Å². The molecule has 2 aromatic rings. The van der Waals surface area contributed by atoms with Crippen molar-refractivity contribution in [2.24, 2.45) is 5.92 Å². The third-order valence-electron chi connectivity index (χ3n) is 4.78. The molecule has 3 rings (SSSR count). The van der Waals surface area contributed by atoms with E-state index in [0.717, 1.165) is 0 Å². The van der Waals surface area contributed by atoms with Gasteiger partial charge >= 0.3 is 6.18 Å². The summed E-state index contributed by atoms with van der Waals surface area (Å²) in [4.78, 5) is 24.9. The topological polar surface area (TPSA) is 58.2 Å². The minimum atomic E-state index is -4.54. The van der Waals surface area contributed by atoms with E-state index in [1.165, 1.54) is 0 Å². The van der Waals surface area contributed by atoms with Crippen LogP contribution in [0.3, 0.4) is 0 Å². The molecule has 2 aromatic carbocycles. The molecule has 0 bridgehead atoms. The van der Waals surface area contributed by atoms with E-state index in [4.69, 9.17) is 23.2 Å². The van der Waals surface area contributed by atoms with Crippen molar-refractivity contribution in [2.75, 3.05) is 0 Å². The van der Waals surface area contributed by atoms with Crippen molar-refractivity contribution in [3.63, 3.8) is 0 Å². The zero-order valence-corrected chi connectivity index (χ0v) is 16.5. The normalized spacial score (nSPS) is 19.7. The van der Waals surface area contributed by atoms with Gasteiger partial charge in [-0.15, -0.1) is 0 Å². The smallest absolute Gasteiger partial charge is 0.344 e. The van der Waals surface area contributed by atoms with Crippen LogP contribution in [0.5, 0.6) is 0 Å². The van der Waals surface area contributed by atoms with Gasteiger partial charge in [-0.2, -0.15) is 13.2 Å². The highest BCUT2D eigenvalue weighted by Crippen LogP contribution is 2.30. The predicted molar refractivity (Wildman–Crippen MR) is 104 cm³/mol. The summed E-state index contributed by atoms with van der Waals surface area (Å²) in [5.41, 5.74) is 1.41. The second-order valence-corrected chi connectivity index (χ2v) is 7.65. The highest BCUT2D eigenvalue weighted by atomic mass is 35.5. The summed E-state index contributed by atoms with van der Waals surface area (Å²) in [7, 11) is 0. The first-order valence-corrected chi connectivity index (χ1v) is 9.59. The van der Waals surface area contributed by atoms with E-state index in [1.807, 2.05) is 5.32 Å². The van der Waals surface area contributed by atoms with Gasteiger partial charge in [0.05, 0.1) is 6.04 Å². The summed E-state index contributed by atoms with van der Waals surface area (Å²) in [5.74, 6) is -2.77. The molecule has 0 spiro atoms. The fourth-order valence-corrected chi connectivity index (χ4v) is 3.47. The molecule has 1 fully saturated rings. The van der Waals surface area contributed by atoms with Gasteiger partial charge in [-0.25, -0.2) is 0 Å². The van der Waals surface area contributed by atoms with Crippen LogP contribution in [0, 0.1) is 5.92 Å². The van der Waals surface area contributed by atoms with Gasteiger partial charge in [-0.3, -0.25) is 9.59 Å². The lowest BCUT2D eigenvalue weighted by molar-refractivity contribution is -0.171. The summed E-state index contributed by atoms with van der Waals surface area (Å²) < 4.78 is 38.5. The fraction of sp³-hybridized carbons (Fsp3) is 0.300. The molecule has 2 N–H and O–H groups in total. The van der Waals surface area contributed by atoms with Crippen LogP contribution >= 0.6 is 23.2 Å². The molecule has 0 aromatic heterocycles. The Labute approximate surface area is 175 Å². The molecule has 2 amide bonds. The number of amides is 2. The predicted octanol–water partition coefficient (Wildman–Crippen LogP) is 4.66. The van der Waals surface area contributed by atoms with Crippen LogP contribution in [0.15, 0.2) is 48.5 Å². The van der Waals surface area contributed by atoms with Crippen molar-refractivity contribution in [2.45, 2.75) is 31.1 Å². The van der Waals surface area contributed by atoms with Crippen molar-refractivity contribution in [1.82, 2.24) is 10.6 Å². The van der Waals surface area contributed by atoms with Gasteiger partial charge in [-0.1, -0.05) is 47.5 Å². The Morgan fingerprint density at radius 1 is 0.966 bits per heavy atom. The van der Waals surface area contributed by atoms with E-state index < -0.39 is 36.0 Å². The van der Waals surface area contributed by atoms with Crippen molar-refractivity contribution in [3.8, 4) is 0 Å². The number of carbonyl (C=O) groups is 2. The average Bonchev–Trinajstić information content (AvgIpc) is 2.67. The Kier molecular flexibility index (Phi) is 6.39. The minimum absolute atomic E-state index is 0.185. The molecule has 0 aliphatic carbocycles. The lowest BCUT2D eigenvalue weighted by Crippen LogP contribution is -2.54. The number of hydrogen-bond donors (Lipinski definition) is 2. The molecule has 1 aliphatic heterocycles. The Hall–Kier alpha value is -2.25. The first-order valence-electron chi connectivity index (χ1n) is 8.83. The largest absolute Gasteiger partial charge is 0.408 e. The Balaban J connectivity index is 1.80. The fourth-order valence-electron chi connectivity index (χ4n) is 3.22. The van der Waals surface area contributed by atoms with E-state index in [1.54, 1.807) is 48.5 Å². The van der Waals surface area contributed by atoms with Gasteiger partial charge in [0.1, 0.15) is 12.0 Å². The van der Waals surface area contributed by atoms with Crippen LogP contribution in [-0.4, -0.2) is 24.0 Å². The number of nitrogens with one attached hydrogen (secondary N) is 2. The maximum atomic E-state index is 12.8. The Morgan fingerprint density at radius 2 is 1.45 bits per heavy atom. The zero-order valence-electron chi connectivity index (χ0n) is 15.0. The number of alkyl halides is 3. The quantitative estimate of drug-likeness (QED) is 0.673. The molecular weight excluding hydrogens is 428 g/mol. The maximum Gasteiger partial charge on any atom is 0.408 e. The number of rotatable bonds is 4. The Morgan fingerprint density at radius 3 is 1.86 bits per heavy atom. The molecule has 2 atom stereocenters. The maximum absolute atomic E-state index is 12.8. The van der Waals surface area contributed by atoms with Crippen LogP contribution in [0.1, 0.15) is 30.0 Å². The Bertz CT molecular complexity index is 841. The van der Waals surface area contributed by atoms with Crippen LogP contribution in [0.4, 0.5) is 13.2 Å². The average molecular weight is 445 g/mol. The monoisotopic (exact) mass is 444 g/mol. The summed E-state index contributed by atoms with van der Waals surface area (Å²) in [6.07, 6.45) is -5.07. The molecule has 1 heterocycles. The van der Waals surface area contributed by atoms with E-state index in [2.05, 4.69) is 5.32 Å². The van der Waals surface area contributed by atoms with E-state index in [-0.39, 0.29) is 12.8 Å². The number of piperidine rings is 1. The molecule has 154 valence electrons. The molecule has 0 saturated carbocycles. The molecule has 2 unspecified atom stereocenters. The molecule has 4 nitrogen and oxygen atoms in total. The third-order valence-corrected chi connectivity index (χ3v) is 5.29. The third kappa shape index (κ3) is 5.22. The lowest BCUT2D eigenvalue weighted by atomic mass is 9.91. The van der Waals surface area contributed by atoms with Gasteiger partial charge in [0.15, 0.2) is 0 Å². The molecule has 9 heteroatoms. The summed E-state index contributed by atoms with van der Waals surface area (Å²) in [5, 5.41) is 5.70. The van der Waals surface area contributed by atoms with Crippen LogP contribution < -0.4 is 10.6 Å².